The van der Waals surface area contributed by atoms with Gasteiger partial charge in [0.05, 0.1) is 10.2 Å². The molecule has 2 atom stereocenters. The van der Waals surface area contributed by atoms with Crippen molar-refractivity contribution in [3.8, 4) is 0 Å². The van der Waals surface area contributed by atoms with Gasteiger partial charge in [0.15, 0.2) is 0 Å². The first kappa shape index (κ1) is 21.7. The summed E-state index contributed by atoms with van der Waals surface area (Å²) in [6.45, 7) is 11.5. The minimum Gasteiger partial charge on any atom is -0.354 e. The van der Waals surface area contributed by atoms with Crippen molar-refractivity contribution in [3.05, 3.63) is 34.4 Å². The molecule has 0 radical (unpaired) electrons. The van der Waals surface area contributed by atoms with Crippen LogP contribution in [0, 0.1) is 22.0 Å². The first-order valence-electron chi connectivity index (χ1n) is 9.70. The molecule has 6 nitrogen and oxygen atoms in total. The number of piperidine rings is 1. The number of nitro groups is 1. The van der Waals surface area contributed by atoms with Crippen LogP contribution in [0.2, 0.25) is 0 Å². The lowest BCUT2D eigenvalue weighted by Gasteiger charge is -2.39. The fourth-order valence-electron chi connectivity index (χ4n) is 3.40. The fourth-order valence-corrected chi connectivity index (χ4v) is 4.29. The summed E-state index contributed by atoms with van der Waals surface area (Å²) < 4.78 is 0. The van der Waals surface area contributed by atoms with E-state index in [-0.39, 0.29) is 16.8 Å². The molecule has 2 rings (SSSR count). The second-order valence-corrected chi connectivity index (χ2v) is 9.20. The van der Waals surface area contributed by atoms with Gasteiger partial charge in [-0.2, -0.15) is 0 Å². The van der Waals surface area contributed by atoms with E-state index in [1.165, 1.54) is 36.7 Å². The first-order chi connectivity index (χ1) is 12.8. The number of carbonyl (C=O) groups excluding carboxylic acids is 1. The van der Waals surface area contributed by atoms with Crippen molar-refractivity contribution < 1.29 is 9.72 Å². The number of hydrogen-bond donors (Lipinski definition) is 1. The fraction of sp³-hybridized carbons (Fsp3) is 0.650. The number of likely N-dealkylation sites (tertiary alicyclic amines) is 1. The number of non-ortho nitro benzene ring substituents is 1. The number of rotatable bonds is 8. The maximum Gasteiger partial charge on any atom is 0.269 e. The highest BCUT2D eigenvalue weighted by molar-refractivity contribution is 8.00. The highest BCUT2D eigenvalue weighted by Crippen LogP contribution is 2.26. The third-order valence-electron chi connectivity index (χ3n) is 5.27. The Labute approximate surface area is 166 Å². The van der Waals surface area contributed by atoms with Crippen molar-refractivity contribution in [1.82, 2.24) is 10.2 Å². The van der Waals surface area contributed by atoms with Crippen LogP contribution in [0.15, 0.2) is 29.2 Å². The quantitative estimate of drug-likeness (QED) is 0.411. The van der Waals surface area contributed by atoms with E-state index in [1.54, 1.807) is 12.1 Å². The lowest BCUT2D eigenvalue weighted by Crippen LogP contribution is -2.50. The van der Waals surface area contributed by atoms with Gasteiger partial charge < -0.3 is 5.32 Å². The molecule has 150 valence electrons. The molecule has 1 fully saturated rings. The Morgan fingerprint density at radius 3 is 2.37 bits per heavy atom. The SMILES string of the molecule is CC1CCN([C@@H](CNC(=O)[C@@H](C)Sc2ccc([N+](=O)[O-])cc2)C(C)C)CC1. The topological polar surface area (TPSA) is 75.5 Å². The second kappa shape index (κ2) is 10.1. The molecule has 1 N–H and O–H groups in total. The summed E-state index contributed by atoms with van der Waals surface area (Å²) in [5.74, 6) is 1.28. The molecule has 27 heavy (non-hydrogen) atoms. The van der Waals surface area contributed by atoms with Crippen LogP contribution >= 0.6 is 11.8 Å². The molecule has 7 heteroatoms. The Kier molecular flexibility index (Phi) is 8.10. The van der Waals surface area contributed by atoms with Gasteiger partial charge in [0.2, 0.25) is 5.91 Å². The highest BCUT2D eigenvalue weighted by Gasteiger charge is 2.26. The maximum absolute atomic E-state index is 12.5. The van der Waals surface area contributed by atoms with E-state index in [4.69, 9.17) is 0 Å². The van der Waals surface area contributed by atoms with Crippen LogP contribution < -0.4 is 5.32 Å². The van der Waals surface area contributed by atoms with Gasteiger partial charge in [-0.05, 0) is 56.8 Å². The number of amides is 1. The summed E-state index contributed by atoms with van der Waals surface area (Å²) in [5.41, 5.74) is 0.0621. The van der Waals surface area contributed by atoms with Gasteiger partial charge in [0, 0.05) is 29.6 Å². The van der Waals surface area contributed by atoms with E-state index in [1.807, 2.05) is 6.92 Å². The largest absolute Gasteiger partial charge is 0.354 e. The molecule has 0 saturated carbocycles. The number of nitro benzene ring substituents is 1. The number of carbonyl (C=O) groups is 1. The zero-order chi connectivity index (χ0) is 20.0. The van der Waals surface area contributed by atoms with E-state index in [0.717, 1.165) is 23.9 Å². The van der Waals surface area contributed by atoms with Crippen molar-refractivity contribution in [1.29, 1.82) is 0 Å². The minimum absolute atomic E-state index is 0.00869. The average molecular weight is 394 g/mol. The molecule has 1 amide bonds. The predicted molar refractivity (Wildman–Crippen MR) is 110 cm³/mol. The smallest absolute Gasteiger partial charge is 0.269 e. The number of nitrogens with one attached hydrogen (secondary N) is 1. The predicted octanol–water partition coefficient (Wildman–Crippen LogP) is 3.95. The van der Waals surface area contributed by atoms with Crippen LogP contribution in [-0.4, -0.2) is 46.7 Å². The van der Waals surface area contributed by atoms with Gasteiger partial charge >= 0.3 is 0 Å². The number of thioether (sulfide) groups is 1. The summed E-state index contributed by atoms with van der Waals surface area (Å²) in [5, 5.41) is 13.6. The second-order valence-electron chi connectivity index (χ2n) is 7.79. The van der Waals surface area contributed by atoms with E-state index < -0.39 is 4.92 Å². The number of benzene rings is 1. The molecule has 1 aromatic rings. The molecular weight excluding hydrogens is 362 g/mol. The van der Waals surface area contributed by atoms with Crippen molar-refractivity contribution >= 4 is 23.4 Å². The Balaban J connectivity index is 1.85. The summed E-state index contributed by atoms with van der Waals surface area (Å²) in [6.07, 6.45) is 2.45. The number of hydrogen-bond acceptors (Lipinski definition) is 5. The van der Waals surface area contributed by atoms with Gasteiger partial charge in [-0.1, -0.05) is 20.8 Å². The van der Waals surface area contributed by atoms with Crippen molar-refractivity contribution in [2.75, 3.05) is 19.6 Å². The molecule has 0 aliphatic carbocycles. The van der Waals surface area contributed by atoms with Crippen LogP contribution in [0.4, 0.5) is 5.69 Å². The van der Waals surface area contributed by atoms with Crippen LogP contribution in [0.5, 0.6) is 0 Å². The Morgan fingerprint density at radius 2 is 1.85 bits per heavy atom. The zero-order valence-electron chi connectivity index (χ0n) is 16.7. The number of nitrogens with zero attached hydrogens (tertiary/aromatic N) is 2. The van der Waals surface area contributed by atoms with Crippen LogP contribution in [0.3, 0.4) is 0 Å². The van der Waals surface area contributed by atoms with Crippen LogP contribution in [0.25, 0.3) is 0 Å². The molecule has 0 spiro atoms. The van der Waals surface area contributed by atoms with E-state index in [2.05, 4.69) is 31.0 Å². The zero-order valence-corrected chi connectivity index (χ0v) is 17.5. The third-order valence-corrected chi connectivity index (χ3v) is 6.38. The van der Waals surface area contributed by atoms with E-state index in [0.29, 0.717) is 18.5 Å². The Morgan fingerprint density at radius 1 is 1.26 bits per heavy atom. The molecule has 0 aromatic heterocycles. The first-order valence-corrected chi connectivity index (χ1v) is 10.6. The molecular formula is C20H31N3O3S. The third kappa shape index (κ3) is 6.50. The van der Waals surface area contributed by atoms with E-state index in [9.17, 15) is 14.9 Å². The lowest BCUT2D eigenvalue weighted by molar-refractivity contribution is -0.384. The van der Waals surface area contributed by atoms with Gasteiger partial charge in [-0.15, -0.1) is 11.8 Å². The highest BCUT2D eigenvalue weighted by atomic mass is 32.2. The van der Waals surface area contributed by atoms with Gasteiger partial charge in [-0.25, -0.2) is 0 Å². The normalized spacial score (nSPS) is 18.3. The van der Waals surface area contributed by atoms with Crippen molar-refractivity contribution in [3.63, 3.8) is 0 Å². The summed E-state index contributed by atoms with van der Waals surface area (Å²) in [7, 11) is 0. The van der Waals surface area contributed by atoms with Gasteiger partial charge in [0.25, 0.3) is 5.69 Å². The maximum atomic E-state index is 12.5. The molecule has 1 saturated heterocycles. The molecule has 0 bridgehead atoms. The molecule has 1 aliphatic rings. The Hall–Kier alpha value is -1.60. The molecule has 1 aromatic carbocycles. The molecule has 1 heterocycles. The lowest BCUT2D eigenvalue weighted by atomic mass is 9.94. The van der Waals surface area contributed by atoms with Crippen molar-refractivity contribution in [2.24, 2.45) is 11.8 Å². The van der Waals surface area contributed by atoms with Crippen LogP contribution in [0.1, 0.15) is 40.5 Å². The molecule has 1 aliphatic heterocycles. The van der Waals surface area contributed by atoms with Gasteiger partial charge in [-0.3, -0.25) is 19.8 Å². The van der Waals surface area contributed by atoms with Crippen LogP contribution in [-0.2, 0) is 4.79 Å². The summed E-state index contributed by atoms with van der Waals surface area (Å²) >= 11 is 1.42. The molecule has 0 unspecified atom stereocenters. The summed E-state index contributed by atoms with van der Waals surface area (Å²) in [4.78, 5) is 26.2. The van der Waals surface area contributed by atoms with E-state index >= 15 is 0 Å². The monoisotopic (exact) mass is 393 g/mol. The standard InChI is InChI=1S/C20H31N3O3S/c1-14(2)19(22-11-9-15(3)10-12-22)13-21-20(24)16(4)27-18-7-5-17(6-8-18)23(25)26/h5-8,14-16,19H,9-13H2,1-4H3,(H,21,24)/t16-,19+/m1/s1. The summed E-state index contributed by atoms with van der Waals surface area (Å²) in [6, 6.07) is 6.69. The van der Waals surface area contributed by atoms with Crippen molar-refractivity contribution in [2.45, 2.75) is 56.7 Å². The van der Waals surface area contributed by atoms with Gasteiger partial charge in [0.1, 0.15) is 0 Å². The minimum atomic E-state index is -0.419. The Bertz CT molecular complexity index is 628. The average Bonchev–Trinajstić information content (AvgIpc) is 2.63.